The molecule has 0 radical (unpaired) electrons. The molecule has 1 N–H and O–H groups in total. The van der Waals surface area contributed by atoms with Crippen LogP contribution in [-0.4, -0.2) is 60.3 Å². The van der Waals surface area contributed by atoms with Gasteiger partial charge in [-0.1, -0.05) is 44.2 Å². The van der Waals surface area contributed by atoms with Crippen molar-refractivity contribution in [3.05, 3.63) is 65.9 Å². The van der Waals surface area contributed by atoms with Gasteiger partial charge in [0.25, 0.3) is 0 Å². The molecule has 4 saturated heterocycles. The Hall–Kier alpha value is -2.63. The van der Waals surface area contributed by atoms with Crippen LogP contribution in [0.25, 0.3) is 10.9 Å². The van der Waals surface area contributed by atoms with Crippen molar-refractivity contribution in [1.29, 1.82) is 0 Å². The average Bonchev–Trinajstić information content (AvgIpc) is 3.15. The summed E-state index contributed by atoms with van der Waals surface area (Å²) in [6.45, 7) is 9.23. The molecule has 4 bridgehead atoms. The van der Waals surface area contributed by atoms with E-state index < -0.39 is 0 Å². The highest BCUT2D eigenvalue weighted by atomic mass is 16.5. The minimum absolute atomic E-state index is 0.164. The zero-order chi connectivity index (χ0) is 21.2. The van der Waals surface area contributed by atoms with E-state index in [1.165, 1.54) is 22.0 Å². The number of methoxy groups -OCH3 is 1. The molecule has 2 aromatic carbocycles. The van der Waals surface area contributed by atoms with Crippen LogP contribution in [0, 0.1) is 10.8 Å². The zero-order valence-corrected chi connectivity index (χ0v) is 18.5. The number of aromatic amines is 1. The van der Waals surface area contributed by atoms with Gasteiger partial charge in [0, 0.05) is 65.9 Å². The molecule has 0 spiro atoms. The second kappa shape index (κ2) is 6.68. The van der Waals surface area contributed by atoms with Gasteiger partial charge >= 0.3 is 0 Å². The summed E-state index contributed by atoms with van der Waals surface area (Å²) in [5, 5.41) is 1.25. The number of benzene rings is 2. The van der Waals surface area contributed by atoms with Gasteiger partial charge in [0.15, 0.2) is 0 Å². The maximum Gasteiger partial charge on any atom is 0.118 e. The smallest absolute Gasteiger partial charge is 0.118 e. The van der Waals surface area contributed by atoms with Gasteiger partial charge in [-0.25, -0.2) is 0 Å². The molecule has 4 aliphatic heterocycles. The lowest BCUT2D eigenvalue weighted by atomic mass is 9.59. The summed E-state index contributed by atoms with van der Waals surface area (Å²) in [7, 11) is 1.73. The van der Waals surface area contributed by atoms with E-state index in [4.69, 9.17) is 9.73 Å². The average molecular weight is 415 g/mol. The number of hydrogen-bond donors (Lipinski definition) is 1. The van der Waals surface area contributed by atoms with E-state index in [1.54, 1.807) is 7.11 Å². The standard InChI is InChI=1S/C26H30N4O/c1-25-14-29-16-26(2,17-30(15-25)23(29)18-8-10-20(31-3)11-9-18)24(25)28-13-19-12-27-22-7-5-4-6-21(19)22/h4-13,23-24,27H,14-17H2,1-3H3. The first-order valence-corrected chi connectivity index (χ1v) is 11.2. The molecule has 7 rings (SSSR count). The summed E-state index contributed by atoms with van der Waals surface area (Å²) in [5.41, 5.74) is 4.05. The predicted molar refractivity (Wildman–Crippen MR) is 125 cm³/mol. The Morgan fingerprint density at radius 2 is 1.61 bits per heavy atom. The Morgan fingerprint density at radius 1 is 0.968 bits per heavy atom. The zero-order valence-electron chi connectivity index (χ0n) is 18.5. The van der Waals surface area contributed by atoms with Gasteiger partial charge < -0.3 is 9.72 Å². The van der Waals surface area contributed by atoms with Crippen molar-refractivity contribution in [1.82, 2.24) is 14.8 Å². The largest absolute Gasteiger partial charge is 0.497 e. The molecule has 160 valence electrons. The van der Waals surface area contributed by atoms with E-state index in [-0.39, 0.29) is 10.8 Å². The molecule has 0 amide bonds. The van der Waals surface area contributed by atoms with Crippen molar-refractivity contribution in [3.63, 3.8) is 0 Å². The number of hydrogen-bond acceptors (Lipinski definition) is 4. The Labute approximate surface area is 183 Å². The van der Waals surface area contributed by atoms with Gasteiger partial charge in [-0.3, -0.25) is 14.8 Å². The van der Waals surface area contributed by atoms with Crippen molar-refractivity contribution >= 4 is 17.1 Å². The van der Waals surface area contributed by atoms with Crippen LogP contribution in [0.15, 0.2) is 59.7 Å². The number of fused-ring (bicyclic) bond motifs is 1. The Kier molecular flexibility index (Phi) is 4.11. The summed E-state index contributed by atoms with van der Waals surface area (Å²) in [5.74, 6) is 0.920. The fraction of sp³-hybridized carbons (Fsp3) is 0.423. The van der Waals surface area contributed by atoms with Crippen LogP contribution in [0.5, 0.6) is 5.75 Å². The molecule has 0 saturated carbocycles. The van der Waals surface area contributed by atoms with Gasteiger partial charge in [0.05, 0.1) is 19.3 Å². The third-order valence-corrected chi connectivity index (χ3v) is 7.67. The quantitative estimate of drug-likeness (QED) is 0.647. The second-order valence-corrected chi connectivity index (χ2v) is 10.2. The molecule has 5 heterocycles. The van der Waals surface area contributed by atoms with Gasteiger partial charge in [0.1, 0.15) is 5.75 Å². The van der Waals surface area contributed by atoms with Gasteiger partial charge in [-0.15, -0.1) is 0 Å². The second-order valence-electron chi connectivity index (χ2n) is 10.2. The number of ether oxygens (including phenoxy) is 1. The van der Waals surface area contributed by atoms with Crippen molar-refractivity contribution in [3.8, 4) is 5.75 Å². The fourth-order valence-electron chi connectivity index (χ4n) is 6.74. The number of H-pyrrole nitrogens is 1. The van der Waals surface area contributed by atoms with Crippen molar-refractivity contribution < 1.29 is 4.74 Å². The number of nitrogens with zero attached hydrogens (tertiary/aromatic N) is 3. The van der Waals surface area contributed by atoms with E-state index in [2.05, 4.69) is 89.6 Å². The van der Waals surface area contributed by atoms with E-state index >= 15 is 0 Å². The Morgan fingerprint density at radius 3 is 2.26 bits per heavy atom. The maximum atomic E-state index is 5.36. The number of nitrogens with one attached hydrogen (secondary N) is 1. The van der Waals surface area contributed by atoms with E-state index in [9.17, 15) is 0 Å². The third kappa shape index (κ3) is 2.87. The topological polar surface area (TPSA) is 43.9 Å². The first kappa shape index (κ1) is 19.1. The molecule has 5 nitrogen and oxygen atoms in total. The highest BCUT2D eigenvalue weighted by molar-refractivity contribution is 5.99. The number of aliphatic imine (C=N–C) groups is 1. The number of piperidine rings is 2. The molecular formula is C26H30N4O. The van der Waals surface area contributed by atoms with Crippen LogP contribution >= 0.6 is 0 Å². The molecule has 4 aliphatic rings. The number of rotatable bonds is 4. The number of para-hydroxylation sites is 1. The fourth-order valence-corrected chi connectivity index (χ4v) is 6.74. The predicted octanol–water partition coefficient (Wildman–Crippen LogP) is 4.32. The summed E-state index contributed by atoms with van der Waals surface area (Å²) in [6, 6.07) is 17.4. The van der Waals surface area contributed by atoms with Gasteiger partial charge in [-0.2, -0.15) is 0 Å². The highest BCUT2D eigenvalue weighted by Crippen LogP contribution is 2.55. The molecule has 1 aromatic heterocycles. The lowest BCUT2D eigenvalue weighted by Crippen LogP contribution is -2.76. The molecule has 31 heavy (non-hydrogen) atoms. The normalized spacial score (nSPS) is 36.5. The minimum Gasteiger partial charge on any atom is -0.497 e. The van der Waals surface area contributed by atoms with Crippen molar-refractivity contribution in [2.24, 2.45) is 15.8 Å². The lowest BCUT2D eigenvalue weighted by molar-refractivity contribution is -0.205. The highest BCUT2D eigenvalue weighted by Gasteiger charge is 2.62. The van der Waals surface area contributed by atoms with Crippen LogP contribution in [0.4, 0.5) is 0 Å². The monoisotopic (exact) mass is 414 g/mol. The van der Waals surface area contributed by atoms with Crippen LogP contribution in [0.1, 0.15) is 31.1 Å². The van der Waals surface area contributed by atoms with E-state index in [1.807, 2.05) is 0 Å². The first-order chi connectivity index (χ1) is 15.0. The SMILES string of the molecule is COc1ccc(C2N3CC4(C)CN2CC(C)(C3)C4N=Cc2c[nH]c3ccccc23)cc1. The summed E-state index contributed by atoms with van der Waals surface area (Å²) >= 11 is 0. The van der Waals surface area contributed by atoms with E-state index in [0.717, 1.165) is 31.9 Å². The Balaban J connectivity index is 1.29. The lowest BCUT2D eigenvalue weighted by Gasteiger charge is -2.68. The molecule has 0 unspecified atom stereocenters. The minimum atomic E-state index is 0.164. The van der Waals surface area contributed by atoms with Crippen LogP contribution in [0.2, 0.25) is 0 Å². The Bertz CT molecular complexity index is 1110. The molecular weight excluding hydrogens is 384 g/mol. The molecule has 3 aromatic rings. The van der Waals surface area contributed by atoms with E-state index in [0.29, 0.717) is 12.2 Å². The third-order valence-electron chi connectivity index (χ3n) is 7.67. The van der Waals surface area contributed by atoms with Crippen molar-refractivity contribution in [2.45, 2.75) is 26.1 Å². The summed E-state index contributed by atoms with van der Waals surface area (Å²) in [6.07, 6.45) is 4.57. The first-order valence-electron chi connectivity index (χ1n) is 11.2. The molecule has 4 fully saturated rings. The van der Waals surface area contributed by atoms with Crippen molar-refractivity contribution in [2.75, 3.05) is 33.3 Å². The molecule has 5 heteroatoms. The van der Waals surface area contributed by atoms with Crippen LogP contribution in [-0.2, 0) is 0 Å². The molecule has 0 atom stereocenters. The molecule has 0 aliphatic carbocycles. The van der Waals surface area contributed by atoms with Crippen LogP contribution < -0.4 is 4.74 Å². The van der Waals surface area contributed by atoms with Gasteiger partial charge in [-0.05, 0) is 23.8 Å². The number of aromatic nitrogens is 1. The summed E-state index contributed by atoms with van der Waals surface area (Å²) < 4.78 is 5.36. The maximum absolute atomic E-state index is 5.36. The van der Waals surface area contributed by atoms with Gasteiger partial charge in [0.2, 0.25) is 0 Å². The summed E-state index contributed by atoms with van der Waals surface area (Å²) in [4.78, 5) is 14.0. The van der Waals surface area contributed by atoms with Crippen LogP contribution in [0.3, 0.4) is 0 Å².